The molecule has 5 nitrogen and oxygen atoms in total. The molecule has 0 aromatic rings. The van der Waals surface area contributed by atoms with Gasteiger partial charge in [-0.25, -0.2) is 4.79 Å². The fourth-order valence-electron chi connectivity index (χ4n) is 2.18. The molecule has 0 saturated heterocycles. The Morgan fingerprint density at radius 2 is 1.95 bits per heavy atom. The highest BCUT2D eigenvalue weighted by molar-refractivity contribution is 5.75. The predicted octanol–water partition coefficient (Wildman–Crippen LogP) is 2.32. The van der Waals surface area contributed by atoms with E-state index in [-0.39, 0.29) is 23.9 Å². The van der Waals surface area contributed by atoms with Gasteiger partial charge in [-0.1, -0.05) is 20.8 Å². The average molecular weight is 270 g/mol. The number of urea groups is 1. The van der Waals surface area contributed by atoms with E-state index in [0.29, 0.717) is 12.3 Å². The van der Waals surface area contributed by atoms with Crippen molar-refractivity contribution in [2.24, 2.45) is 11.3 Å². The van der Waals surface area contributed by atoms with Crippen molar-refractivity contribution in [3.8, 4) is 0 Å². The molecule has 1 fully saturated rings. The third-order valence-corrected chi connectivity index (χ3v) is 3.18. The molecule has 1 unspecified atom stereocenters. The molecule has 1 aliphatic carbocycles. The van der Waals surface area contributed by atoms with Gasteiger partial charge in [0.15, 0.2) is 0 Å². The van der Waals surface area contributed by atoms with Gasteiger partial charge in [-0.3, -0.25) is 4.79 Å². The summed E-state index contributed by atoms with van der Waals surface area (Å²) in [5.74, 6) is -0.240. The molecule has 1 saturated carbocycles. The van der Waals surface area contributed by atoms with Gasteiger partial charge in [0.2, 0.25) is 0 Å². The standard InChI is InChI=1S/C14H26N2O3/c1-14(2,3)8-11(7-12(17)18)15-13(19)16(4)9-10-5-6-10/h10-11H,5-9H2,1-4H3,(H,15,19)(H,17,18). The van der Waals surface area contributed by atoms with Crippen molar-refractivity contribution in [3.63, 3.8) is 0 Å². The summed E-state index contributed by atoms with van der Waals surface area (Å²) in [4.78, 5) is 24.5. The second-order valence-electron chi connectivity index (χ2n) is 6.83. The van der Waals surface area contributed by atoms with Crippen molar-refractivity contribution in [1.82, 2.24) is 10.2 Å². The molecule has 1 atom stereocenters. The van der Waals surface area contributed by atoms with Crippen LogP contribution >= 0.6 is 0 Å². The van der Waals surface area contributed by atoms with Gasteiger partial charge in [0.05, 0.1) is 6.42 Å². The van der Waals surface area contributed by atoms with E-state index in [4.69, 9.17) is 5.11 Å². The number of carbonyl (C=O) groups excluding carboxylic acids is 1. The lowest BCUT2D eigenvalue weighted by Gasteiger charge is -2.28. The Bertz CT molecular complexity index is 332. The van der Waals surface area contributed by atoms with Crippen LogP contribution in [0.1, 0.15) is 46.5 Å². The zero-order valence-corrected chi connectivity index (χ0v) is 12.4. The first-order valence-electron chi connectivity index (χ1n) is 6.91. The fraction of sp³-hybridized carbons (Fsp3) is 0.857. The topological polar surface area (TPSA) is 69.6 Å². The van der Waals surface area contributed by atoms with Gasteiger partial charge >= 0.3 is 12.0 Å². The molecule has 19 heavy (non-hydrogen) atoms. The molecule has 0 heterocycles. The Morgan fingerprint density at radius 3 is 2.37 bits per heavy atom. The van der Waals surface area contributed by atoms with E-state index in [1.807, 2.05) is 20.8 Å². The van der Waals surface area contributed by atoms with Gasteiger partial charge in [-0.15, -0.1) is 0 Å². The second-order valence-corrected chi connectivity index (χ2v) is 6.83. The maximum atomic E-state index is 12.0. The van der Waals surface area contributed by atoms with Gasteiger partial charge in [0.1, 0.15) is 0 Å². The van der Waals surface area contributed by atoms with E-state index in [0.717, 1.165) is 6.54 Å². The van der Waals surface area contributed by atoms with Crippen LogP contribution < -0.4 is 5.32 Å². The van der Waals surface area contributed by atoms with E-state index in [1.54, 1.807) is 11.9 Å². The predicted molar refractivity (Wildman–Crippen MR) is 74.0 cm³/mol. The number of carbonyl (C=O) groups is 2. The normalized spacial score (nSPS) is 16.8. The van der Waals surface area contributed by atoms with Crippen LogP contribution in [0.3, 0.4) is 0 Å². The van der Waals surface area contributed by atoms with Crippen LogP contribution in [-0.4, -0.2) is 41.6 Å². The molecule has 0 spiro atoms. The molecular formula is C14H26N2O3. The van der Waals surface area contributed by atoms with E-state index >= 15 is 0 Å². The van der Waals surface area contributed by atoms with Gasteiger partial charge in [0, 0.05) is 19.6 Å². The molecule has 0 bridgehead atoms. The monoisotopic (exact) mass is 270 g/mol. The van der Waals surface area contributed by atoms with Gasteiger partial charge in [0.25, 0.3) is 0 Å². The van der Waals surface area contributed by atoms with Crippen LogP contribution in [0.4, 0.5) is 4.79 Å². The quantitative estimate of drug-likeness (QED) is 0.778. The van der Waals surface area contributed by atoms with Gasteiger partial charge < -0.3 is 15.3 Å². The number of nitrogens with one attached hydrogen (secondary N) is 1. The minimum absolute atomic E-state index is 0.0114. The zero-order chi connectivity index (χ0) is 14.6. The number of hydrogen-bond donors (Lipinski definition) is 2. The van der Waals surface area contributed by atoms with Crippen molar-refractivity contribution < 1.29 is 14.7 Å². The molecule has 1 aliphatic rings. The highest BCUT2D eigenvalue weighted by Gasteiger charge is 2.27. The summed E-state index contributed by atoms with van der Waals surface area (Å²) in [6.45, 7) is 6.90. The van der Waals surface area contributed by atoms with Gasteiger partial charge in [-0.05, 0) is 30.6 Å². The molecule has 0 aromatic heterocycles. The first-order chi connectivity index (χ1) is 8.67. The highest BCUT2D eigenvalue weighted by Crippen LogP contribution is 2.29. The first kappa shape index (κ1) is 15.8. The summed E-state index contributed by atoms with van der Waals surface area (Å²) >= 11 is 0. The molecule has 2 amide bonds. The van der Waals surface area contributed by atoms with Crippen molar-refractivity contribution >= 4 is 12.0 Å². The molecule has 5 heteroatoms. The molecule has 0 aromatic carbocycles. The van der Waals surface area contributed by atoms with Crippen molar-refractivity contribution in [2.45, 2.75) is 52.5 Å². The van der Waals surface area contributed by atoms with Crippen LogP contribution in [0, 0.1) is 11.3 Å². The van der Waals surface area contributed by atoms with E-state index in [9.17, 15) is 9.59 Å². The van der Waals surface area contributed by atoms with Crippen LogP contribution in [0.15, 0.2) is 0 Å². The molecule has 2 N–H and O–H groups in total. The van der Waals surface area contributed by atoms with Crippen molar-refractivity contribution in [3.05, 3.63) is 0 Å². The minimum atomic E-state index is -0.876. The summed E-state index contributed by atoms with van der Waals surface area (Å²) in [6.07, 6.45) is 3.01. The Kier molecular flexibility index (Phi) is 5.20. The Morgan fingerprint density at radius 1 is 1.37 bits per heavy atom. The van der Waals surface area contributed by atoms with E-state index in [2.05, 4.69) is 5.32 Å². The number of aliphatic carboxylic acids is 1. The van der Waals surface area contributed by atoms with Gasteiger partial charge in [-0.2, -0.15) is 0 Å². The smallest absolute Gasteiger partial charge is 0.317 e. The van der Waals surface area contributed by atoms with E-state index < -0.39 is 5.97 Å². The van der Waals surface area contributed by atoms with Crippen LogP contribution in [0.2, 0.25) is 0 Å². The lowest BCUT2D eigenvalue weighted by molar-refractivity contribution is -0.137. The third kappa shape index (κ3) is 7.03. The lowest BCUT2D eigenvalue weighted by atomic mass is 9.87. The number of hydrogen-bond acceptors (Lipinski definition) is 2. The molecular weight excluding hydrogens is 244 g/mol. The number of carboxylic acid groups (broad SMARTS) is 1. The summed E-state index contributed by atoms with van der Waals surface area (Å²) in [5.41, 5.74) is -0.0114. The summed E-state index contributed by atoms with van der Waals surface area (Å²) in [7, 11) is 1.77. The lowest BCUT2D eigenvalue weighted by Crippen LogP contribution is -2.45. The van der Waals surface area contributed by atoms with Crippen LogP contribution in [0.25, 0.3) is 0 Å². The first-order valence-corrected chi connectivity index (χ1v) is 6.91. The molecule has 110 valence electrons. The number of amides is 2. The largest absolute Gasteiger partial charge is 0.481 e. The van der Waals surface area contributed by atoms with E-state index in [1.165, 1.54) is 12.8 Å². The zero-order valence-electron chi connectivity index (χ0n) is 12.4. The molecule has 0 radical (unpaired) electrons. The Balaban J connectivity index is 2.49. The Hall–Kier alpha value is -1.26. The summed E-state index contributed by atoms with van der Waals surface area (Å²) in [6, 6.07) is -0.478. The third-order valence-electron chi connectivity index (χ3n) is 3.18. The number of nitrogens with zero attached hydrogens (tertiary/aromatic N) is 1. The van der Waals surface area contributed by atoms with Crippen molar-refractivity contribution in [2.75, 3.05) is 13.6 Å². The SMILES string of the molecule is CN(CC1CC1)C(=O)NC(CC(=O)O)CC(C)(C)C. The average Bonchev–Trinajstić information content (AvgIpc) is 2.97. The fourth-order valence-corrected chi connectivity index (χ4v) is 2.18. The number of carboxylic acids is 1. The minimum Gasteiger partial charge on any atom is -0.481 e. The molecule has 0 aliphatic heterocycles. The molecule has 1 rings (SSSR count). The maximum Gasteiger partial charge on any atom is 0.317 e. The van der Waals surface area contributed by atoms with Crippen molar-refractivity contribution in [1.29, 1.82) is 0 Å². The summed E-state index contributed by atoms with van der Waals surface area (Å²) in [5, 5.41) is 11.8. The second kappa shape index (κ2) is 6.26. The Labute approximate surface area is 115 Å². The highest BCUT2D eigenvalue weighted by atomic mass is 16.4. The van der Waals surface area contributed by atoms with Crippen LogP contribution in [-0.2, 0) is 4.79 Å². The number of rotatable bonds is 6. The maximum absolute atomic E-state index is 12.0. The van der Waals surface area contributed by atoms with Crippen LogP contribution in [0.5, 0.6) is 0 Å². The summed E-state index contributed by atoms with van der Waals surface area (Å²) < 4.78 is 0.